The molecular weight excluding hydrogens is 508 g/mol. The number of hydrogen-bond acceptors (Lipinski definition) is 8. The molecule has 2 heterocycles. The lowest BCUT2D eigenvalue weighted by atomic mass is 9.93. The zero-order chi connectivity index (χ0) is 27.2. The first-order chi connectivity index (χ1) is 18.3. The Morgan fingerprint density at radius 3 is 2.39 bits per heavy atom. The first kappa shape index (κ1) is 26.9. The molecule has 2 aromatic carbocycles. The zero-order valence-electron chi connectivity index (χ0n) is 21.0. The van der Waals surface area contributed by atoms with Crippen molar-refractivity contribution < 1.29 is 33.7 Å². The number of allylic oxidation sites excluding steroid dienone is 1. The fourth-order valence-corrected chi connectivity index (χ4v) is 5.39. The molecule has 0 aromatic heterocycles. The average Bonchev–Trinajstić information content (AvgIpc) is 3.20. The highest BCUT2D eigenvalue weighted by atomic mass is 32.2. The van der Waals surface area contributed by atoms with Crippen LogP contribution in [0.2, 0.25) is 0 Å². The molecule has 0 unspecified atom stereocenters. The van der Waals surface area contributed by atoms with E-state index < -0.39 is 30.1 Å². The van der Waals surface area contributed by atoms with E-state index in [4.69, 9.17) is 19.3 Å². The fourth-order valence-electron chi connectivity index (χ4n) is 4.17. The van der Waals surface area contributed by atoms with E-state index in [9.17, 15) is 14.4 Å². The number of carbonyl (C=O) groups excluding carboxylic acids is 2. The molecule has 198 valence electrons. The number of amides is 1. The Morgan fingerprint density at radius 1 is 1.11 bits per heavy atom. The summed E-state index contributed by atoms with van der Waals surface area (Å²) >= 11 is 1.35. The molecule has 2 aliphatic heterocycles. The van der Waals surface area contributed by atoms with Crippen LogP contribution in [0.15, 0.2) is 77.4 Å². The lowest BCUT2D eigenvalue weighted by molar-refractivity contribution is -0.141. The first-order valence-electron chi connectivity index (χ1n) is 12.0. The molecule has 1 saturated heterocycles. The minimum atomic E-state index is -1.06. The fraction of sp³-hybridized carbons (Fsp3) is 0.250. The summed E-state index contributed by atoms with van der Waals surface area (Å²) in [6.07, 6.45) is 3.41. The molecule has 0 saturated carbocycles. The molecule has 4 rings (SSSR count). The standard InChI is InChI=1S/C28H28N2O7S/c1-4-14-36-20-12-8-19(9-13-20)25-24(27(34)35-5-2)17(3)29-28-30(25)26(33)22(38-28)15-18-6-10-21(11-7-18)37-16-23(31)32/h4,6-13,15,25,28-29H,1,5,14,16H2,2-3H3,(H,31,32)/b22-15-/t25-,28-/m0/s1. The van der Waals surface area contributed by atoms with E-state index in [1.807, 2.05) is 12.1 Å². The van der Waals surface area contributed by atoms with Crippen molar-refractivity contribution in [3.63, 3.8) is 0 Å². The average molecular weight is 537 g/mol. The van der Waals surface area contributed by atoms with Crippen molar-refractivity contribution in [1.82, 2.24) is 10.2 Å². The Hall–Kier alpha value is -4.18. The van der Waals surface area contributed by atoms with Crippen LogP contribution < -0.4 is 14.8 Å². The van der Waals surface area contributed by atoms with Gasteiger partial charge in [-0.3, -0.25) is 9.69 Å². The minimum absolute atomic E-state index is 0.208. The monoisotopic (exact) mass is 536 g/mol. The minimum Gasteiger partial charge on any atom is -0.490 e. The maximum atomic E-state index is 13.7. The van der Waals surface area contributed by atoms with Crippen molar-refractivity contribution in [3.8, 4) is 11.5 Å². The second-order valence-electron chi connectivity index (χ2n) is 8.42. The zero-order valence-corrected chi connectivity index (χ0v) is 21.8. The van der Waals surface area contributed by atoms with Crippen molar-refractivity contribution in [3.05, 3.63) is 88.5 Å². The van der Waals surface area contributed by atoms with Crippen LogP contribution in [0.1, 0.15) is 31.0 Å². The van der Waals surface area contributed by atoms with Gasteiger partial charge < -0.3 is 24.6 Å². The summed E-state index contributed by atoms with van der Waals surface area (Å²) in [4.78, 5) is 39.6. The van der Waals surface area contributed by atoms with E-state index in [-0.39, 0.29) is 12.5 Å². The van der Waals surface area contributed by atoms with Crippen LogP contribution in [0, 0.1) is 0 Å². The van der Waals surface area contributed by atoms with Crippen LogP contribution in [-0.2, 0) is 19.1 Å². The summed E-state index contributed by atoms with van der Waals surface area (Å²) in [5, 5.41) is 12.1. The predicted molar refractivity (Wildman–Crippen MR) is 143 cm³/mol. The molecule has 2 N–H and O–H groups in total. The van der Waals surface area contributed by atoms with Crippen LogP contribution in [0.3, 0.4) is 0 Å². The molecule has 9 nitrogen and oxygen atoms in total. The van der Waals surface area contributed by atoms with Crippen LogP contribution in [-0.4, -0.2) is 53.2 Å². The third kappa shape index (κ3) is 5.86. The molecule has 38 heavy (non-hydrogen) atoms. The second kappa shape index (κ2) is 11.9. The molecule has 2 aliphatic rings. The third-order valence-electron chi connectivity index (χ3n) is 5.83. The van der Waals surface area contributed by atoms with Gasteiger partial charge in [0.1, 0.15) is 18.1 Å². The van der Waals surface area contributed by atoms with Gasteiger partial charge in [0.15, 0.2) is 12.1 Å². The van der Waals surface area contributed by atoms with Gasteiger partial charge in [0, 0.05) is 5.70 Å². The maximum absolute atomic E-state index is 13.7. The summed E-state index contributed by atoms with van der Waals surface area (Å²) in [5.74, 6) is -0.715. The van der Waals surface area contributed by atoms with Crippen LogP contribution in [0.5, 0.6) is 11.5 Å². The molecule has 0 spiro atoms. The summed E-state index contributed by atoms with van der Waals surface area (Å²) < 4.78 is 16.1. The van der Waals surface area contributed by atoms with E-state index in [0.29, 0.717) is 34.3 Å². The topological polar surface area (TPSA) is 114 Å². The van der Waals surface area contributed by atoms with Gasteiger partial charge in [0.05, 0.1) is 23.1 Å². The number of benzene rings is 2. The lowest BCUT2D eigenvalue weighted by Crippen LogP contribution is -2.49. The number of fused-ring (bicyclic) bond motifs is 1. The summed E-state index contributed by atoms with van der Waals surface area (Å²) in [6.45, 7) is 7.34. The molecule has 2 atom stereocenters. The summed E-state index contributed by atoms with van der Waals surface area (Å²) in [6, 6.07) is 13.4. The lowest BCUT2D eigenvalue weighted by Gasteiger charge is -2.39. The number of rotatable bonds is 10. The van der Waals surface area contributed by atoms with E-state index in [2.05, 4.69) is 11.9 Å². The van der Waals surface area contributed by atoms with Gasteiger partial charge in [-0.15, -0.1) is 0 Å². The van der Waals surface area contributed by atoms with Gasteiger partial charge in [0.2, 0.25) is 0 Å². The van der Waals surface area contributed by atoms with Gasteiger partial charge in [-0.25, -0.2) is 9.59 Å². The van der Waals surface area contributed by atoms with Gasteiger partial charge >= 0.3 is 11.9 Å². The van der Waals surface area contributed by atoms with Crippen molar-refractivity contribution in [2.45, 2.75) is 25.4 Å². The number of thioether (sulfide) groups is 1. The highest BCUT2D eigenvalue weighted by Crippen LogP contribution is 2.46. The van der Waals surface area contributed by atoms with Crippen molar-refractivity contribution in [2.75, 3.05) is 19.8 Å². The molecule has 10 heteroatoms. The van der Waals surface area contributed by atoms with Gasteiger partial charge in [-0.1, -0.05) is 48.7 Å². The molecule has 0 bridgehead atoms. The predicted octanol–water partition coefficient (Wildman–Crippen LogP) is 4.10. The quantitative estimate of drug-likeness (QED) is 0.263. The van der Waals surface area contributed by atoms with Crippen LogP contribution in [0.25, 0.3) is 6.08 Å². The Bertz CT molecular complexity index is 1290. The normalized spacial score (nSPS) is 19.6. The smallest absolute Gasteiger partial charge is 0.341 e. The Morgan fingerprint density at radius 2 is 1.76 bits per heavy atom. The number of nitrogens with zero attached hydrogens (tertiary/aromatic N) is 1. The highest BCUT2D eigenvalue weighted by Gasteiger charge is 2.47. The number of esters is 1. The number of hydrogen-bond donors (Lipinski definition) is 2. The highest BCUT2D eigenvalue weighted by molar-refractivity contribution is 8.05. The maximum Gasteiger partial charge on any atom is 0.341 e. The van der Waals surface area contributed by atoms with Crippen LogP contribution in [0.4, 0.5) is 0 Å². The van der Waals surface area contributed by atoms with E-state index >= 15 is 0 Å². The number of ether oxygens (including phenoxy) is 3. The number of nitrogens with one attached hydrogen (secondary N) is 1. The van der Waals surface area contributed by atoms with Crippen molar-refractivity contribution in [1.29, 1.82) is 0 Å². The summed E-state index contributed by atoms with van der Waals surface area (Å²) in [7, 11) is 0. The van der Waals surface area contributed by atoms with E-state index in [1.54, 1.807) is 67.3 Å². The first-order valence-corrected chi connectivity index (χ1v) is 12.8. The number of carboxylic acids is 1. The number of carboxylic acid groups (broad SMARTS) is 1. The van der Waals surface area contributed by atoms with E-state index in [1.165, 1.54) is 11.8 Å². The molecule has 1 amide bonds. The van der Waals surface area contributed by atoms with Gasteiger partial charge in [-0.05, 0) is 55.3 Å². The molecule has 1 fully saturated rings. The van der Waals surface area contributed by atoms with Gasteiger partial charge in [0.25, 0.3) is 5.91 Å². The molecule has 0 aliphatic carbocycles. The number of aliphatic carboxylic acids is 1. The molecule has 0 radical (unpaired) electrons. The van der Waals surface area contributed by atoms with Crippen molar-refractivity contribution in [2.24, 2.45) is 0 Å². The third-order valence-corrected chi connectivity index (χ3v) is 6.95. The molecular formula is C28H28N2O7S. The van der Waals surface area contributed by atoms with E-state index in [0.717, 1.165) is 11.1 Å². The Kier molecular flexibility index (Phi) is 8.42. The largest absolute Gasteiger partial charge is 0.490 e. The van der Waals surface area contributed by atoms with Crippen LogP contribution >= 0.6 is 11.8 Å². The second-order valence-corrected chi connectivity index (χ2v) is 9.54. The Balaban J connectivity index is 1.65. The number of carbonyl (C=O) groups is 3. The summed E-state index contributed by atoms with van der Waals surface area (Å²) in [5.41, 5.74) is 2.09. The van der Waals surface area contributed by atoms with Crippen molar-refractivity contribution >= 4 is 35.7 Å². The Labute approximate surface area is 224 Å². The SMILES string of the molecule is C=CCOc1ccc([C@H]2C(C(=O)OCC)=C(C)N[C@@H]3S/C(=C\c4ccc(OCC(=O)O)cc4)C(=O)N32)cc1. The molecule has 2 aromatic rings. The van der Waals surface area contributed by atoms with Gasteiger partial charge in [-0.2, -0.15) is 0 Å².